The van der Waals surface area contributed by atoms with Crippen molar-refractivity contribution in [2.75, 3.05) is 18.5 Å². The molecule has 1 aromatic rings. The number of benzene rings is 1. The van der Waals surface area contributed by atoms with Gasteiger partial charge in [0.05, 0.1) is 23.2 Å². The highest BCUT2D eigenvalue weighted by Crippen LogP contribution is 2.31. The molecule has 0 radical (unpaired) electrons. The van der Waals surface area contributed by atoms with Crippen LogP contribution in [0.3, 0.4) is 0 Å². The van der Waals surface area contributed by atoms with Crippen molar-refractivity contribution in [2.45, 2.75) is 44.6 Å². The van der Waals surface area contributed by atoms with E-state index in [1.165, 1.54) is 12.1 Å². The van der Waals surface area contributed by atoms with Crippen molar-refractivity contribution in [1.82, 2.24) is 0 Å². The third-order valence-corrected chi connectivity index (χ3v) is 3.73. The highest BCUT2D eigenvalue weighted by atomic mass is 16.6. The van der Waals surface area contributed by atoms with Gasteiger partial charge in [-0.2, -0.15) is 0 Å². The van der Waals surface area contributed by atoms with E-state index in [1.807, 2.05) is 6.92 Å². The molecule has 0 amide bonds. The minimum Gasteiger partial charge on any atom is -0.493 e. The minimum absolute atomic E-state index is 0.00971. The van der Waals surface area contributed by atoms with Crippen molar-refractivity contribution in [1.29, 1.82) is 0 Å². The summed E-state index contributed by atoms with van der Waals surface area (Å²) in [4.78, 5) is 10.5. The van der Waals surface area contributed by atoms with Crippen LogP contribution in [0.4, 0.5) is 11.4 Å². The summed E-state index contributed by atoms with van der Waals surface area (Å²) >= 11 is 0. The molecule has 0 aromatic heterocycles. The molecule has 1 aliphatic rings. The lowest BCUT2D eigenvalue weighted by atomic mass is 10.0. The standard InChI is InChI=1S/C15H22N2O4/c1-2-7-21-14-9-12(8-13(10-14)17(19)20)16-11-15(18)5-3-4-6-15/h8-10,16,18H,2-7,11H2,1H3. The first-order valence-corrected chi connectivity index (χ1v) is 7.41. The van der Waals surface area contributed by atoms with Crippen LogP contribution in [0.15, 0.2) is 18.2 Å². The van der Waals surface area contributed by atoms with Crippen LogP contribution >= 0.6 is 0 Å². The summed E-state index contributed by atoms with van der Waals surface area (Å²) in [7, 11) is 0. The largest absolute Gasteiger partial charge is 0.493 e. The van der Waals surface area contributed by atoms with Crippen LogP contribution in [-0.2, 0) is 0 Å². The van der Waals surface area contributed by atoms with E-state index >= 15 is 0 Å². The molecule has 6 heteroatoms. The molecular formula is C15H22N2O4. The number of hydrogen-bond acceptors (Lipinski definition) is 5. The molecule has 1 aliphatic carbocycles. The zero-order chi connectivity index (χ0) is 15.3. The van der Waals surface area contributed by atoms with Gasteiger partial charge in [-0.3, -0.25) is 10.1 Å². The molecule has 0 heterocycles. The van der Waals surface area contributed by atoms with Gasteiger partial charge in [0.2, 0.25) is 0 Å². The van der Waals surface area contributed by atoms with Crippen LogP contribution in [-0.4, -0.2) is 28.8 Å². The predicted octanol–water partition coefficient (Wildman–Crippen LogP) is 3.10. The summed E-state index contributed by atoms with van der Waals surface area (Å²) < 4.78 is 5.48. The monoisotopic (exact) mass is 294 g/mol. The Bertz CT molecular complexity index is 498. The molecular weight excluding hydrogens is 272 g/mol. The number of nitro groups is 1. The maximum atomic E-state index is 11.0. The van der Waals surface area contributed by atoms with Crippen molar-refractivity contribution in [3.05, 3.63) is 28.3 Å². The fraction of sp³-hybridized carbons (Fsp3) is 0.600. The summed E-state index contributed by atoms with van der Waals surface area (Å²) in [5.74, 6) is 0.479. The van der Waals surface area contributed by atoms with Gasteiger partial charge < -0.3 is 15.2 Å². The first kappa shape index (κ1) is 15.6. The Morgan fingerprint density at radius 3 is 2.71 bits per heavy atom. The number of anilines is 1. The van der Waals surface area contributed by atoms with Gasteiger partial charge in [0.25, 0.3) is 5.69 Å². The lowest BCUT2D eigenvalue weighted by Crippen LogP contribution is -2.33. The number of nitrogens with zero attached hydrogens (tertiary/aromatic N) is 1. The van der Waals surface area contributed by atoms with Crippen molar-refractivity contribution in [2.24, 2.45) is 0 Å². The van der Waals surface area contributed by atoms with Gasteiger partial charge in [0.1, 0.15) is 5.75 Å². The summed E-state index contributed by atoms with van der Waals surface area (Å²) in [6.07, 6.45) is 4.43. The van der Waals surface area contributed by atoms with E-state index in [9.17, 15) is 15.2 Å². The van der Waals surface area contributed by atoms with E-state index in [0.717, 1.165) is 32.1 Å². The number of nitro benzene ring substituents is 1. The molecule has 1 fully saturated rings. The number of ether oxygens (including phenoxy) is 1. The number of non-ortho nitro benzene ring substituents is 1. The van der Waals surface area contributed by atoms with Crippen molar-refractivity contribution in [3.8, 4) is 5.75 Å². The predicted molar refractivity (Wildman–Crippen MR) is 80.8 cm³/mol. The second-order valence-corrected chi connectivity index (χ2v) is 5.61. The normalized spacial score (nSPS) is 16.7. The lowest BCUT2D eigenvalue weighted by Gasteiger charge is -2.23. The van der Waals surface area contributed by atoms with Crippen molar-refractivity contribution in [3.63, 3.8) is 0 Å². The van der Waals surface area contributed by atoms with E-state index in [2.05, 4.69) is 5.32 Å². The maximum Gasteiger partial charge on any atom is 0.275 e. The molecule has 1 aromatic carbocycles. The minimum atomic E-state index is -0.699. The zero-order valence-corrected chi connectivity index (χ0v) is 12.3. The Balaban J connectivity index is 2.09. The van der Waals surface area contributed by atoms with E-state index in [4.69, 9.17) is 4.74 Å². The van der Waals surface area contributed by atoms with E-state index in [1.54, 1.807) is 6.07 Å². The van der Waals surface area contributed by atoms with Gasteiger partial charge in [-0.25, -0.2) is 0 Å². The molecule has 2 rings (SSSR count). The van der Waals surface area contributed by atoms with Gasteiger partial charge in [-0.1, -0.05) is 19.8 Å². The van der Waals surface area contributed by atoms with Crippen LogP contribution in [0.2, 0.25) is 0 Å². The maximum absolute atomic E-state index is 11.0. The Morgan fingerprint density at radius 1 is 1.38 bits per heavy atom. The Kier molecular flexibility index (Phi) is 5.01. The van der Waals surface area contributed by atoms with Crippen LogP contribution in [0.25, 0.3) is 0 Å². The SMILES string of the molecule is CCCOc1cc(NCC2(O)CCCC2)cc([N+](=O)[O-])c1. The average Bonchev–Trinajstić information content (AvgIpc) is 2.90. The summed E-state index contributed by atoms with van der Waals surface area (Å²) in [6.45, 7) is 2.90. The first-order valence-electron chi connectivity index (χ1n) is 7.41. The molecule has 0 bridgehead atoms. The third-order valence-electron chi connectivity index (χ3n) is 3.73. The lowest BCUT2D eigenvalue weighted by molar-refractivity contribution is -0.384. The average molecular weight is 294 g/mol. The molecule has 0 spiro atoms. The Morgan fingerprint density at radius 2 is 2.10 bits per heavy atom. The second-order valence-electron chi connectivity index (χ2n) is 5.61. The van der Waals surface area contributed by atoms with Gasteiger partial charge in [-0.15, -0.1) is 0 Å². The molecule has 0 saturated heterocycles. The zero-order valence-electron chi connectivity index (χ0n) is 12.3. The highest BCUT2D eigenvalue weighted by Gasteiger charge is 2.30. The summed E-state index contributed by atoms with van der Waals surface area (Å²) in [5, 5.41) is 24.4. The summed E-state index contributed by atoms with van der Waals surface area (Å²) in [6, 6.07) is 4.63. The third kappa shape index (κ3) is 4.32. The summed E-state index contributed by atoms with van der Waals surface area (Å²) in [5.41, 5.74) is -0.102. The first-order chi connectivity index (χ1) is 10.0. The fourth-order valence-corrected chi connectivity index (χ4v) is 2.57. The van der Waals surface area contributed by atoms with E-state index in [0.29, 0.717) is 24.6 Å². The van der Waals surface area contributed by atoms with E-state index in [-0.39, 0.29) is 5.69 Å². The second kappa shape index (κ2) is 6.76. The van der Waals surface area contributed by atoms with Crippen molar-refractivity contribution < 1.29 is 14.8 Å². The molecule has 2 N–H and O–H groups in total. The van der Waals surface area contributed by atoms with Crippen molar-refractivity contribution >= 4 is 11.4 Å². The number of aliphatic hydroxyl groups is 1. The van der Waals surface area contributed by atoms with Gasteiger partial charge in [0, 0.05) is 24.4 Å². The quantitative estimate of drug-likeness (QED) is 0.596. The Labute approximate surface area is 124 Å². The van der Waals surface area contributed by atoms with E-state index < -0.39 is 10.5 Å². The number of rotatable bonds is 7. The number of nitrogens with one attached hydrogen (secondary N) is 1. The van der Waals surface area contributed by atoms with Crippen LogP contribution < -0.4 is 10.1 Å². The molecule has 21 heavy (non-hydrogen) atoms. The smallest absolute Gasteiger partial charge is 0.275 e. The van der Waals surface area contributed by atoms with Gasteiger partial charge in [0.15, 0.2) is 0 Å². The molecule has 0 atom stereocenters. The van der Waals surface area contributed by atoms with Crippen LogP contribution in [0.5, 0.6) is 5.75 Å². The molecule has 1 saturated carbocycles. The van der Waals surface area contributed by atoms with Crippen LogP contribution in [0, 0.1) is 10.1 Å². The highest BCUT2D eigenvalue weighted by molar-refractivity contribution is 5.56. The number of hydrogen-bond donors (Lipinski definition) is 2. The Hall–Kier alpha value is -1.82. The van der Waals surface area contributed by atoms with Gasteiger partial charge >= 0.3 is 0 Å². The molecule has 0 aliphatic heterocycles. The molecule has 0 unspecified atom stereocenters. The molecule has 116 valence electrons. The van der Waals surface area contributed by atoms with Crippen LogP contribution in [0.1, 0.15) is 39.0 Å². The molecule has 6 nitrogen and oxygen atoms in total. The topological polar surface area (TPSA) is 84.6 Å². The van der Waals surface area contributed by atoms with Gasteiger partial charge in [-0.05, 0) is 19.3 Å². The fourth-order valence-electron chi connectivity index (χ4n) is 2.57.